The Morgan fingerprint density at radius 2 is 1.56 bits per heavy atom. The van der Waals surface area contributed by atoms with Crippen molar-refractivity contribution in [3.8, 4) is 11.4 Å². The molecule has 2 heterocycles. The number of aromatic nitrogens is 2. The van der Waals surface area contributed by atoms with Gasteiger partial charge >= 0.3 is 6.61 Å². The molecule has 0 spiro atoms. The predicted molar refractivity (Wildman–Crippen MR) is 113 cm³/mol. The highest BCUT2D eigenvalue weighted by Crippen LogP contribution is 2.23. The molecule has 1 saturated heterocycles. The first-order chi connectivity index (χ1) is 15.4. The summed E-state index contributed by atoms with van der Waals surface area (Å²) in [5, 5.41) is 4.74. The molecule has 0 unspecified atom stereocenters. The van der Waals surface area contributed by atoms with Gasteiger partial charge in [-0.3, -0.25) is 9.59 Å². The van der Waals surface area contributed by atoms with Gasteiger partial charge in [-0.05, 0) is 24.3 Å². The zero-order valence-electron chi connectivity index (χ0n) is 16.8. The van der Waals surface area contributed by atoms with Gasteiger partial charge < -0.3 is 14.5 Å². The van der Waals surface area contributed by atoms with Crippen LogP contribution in [0, 0.1) is 0 Å². The first-order valence-electron chi connectivity index (χ1n) is 9.86. The summed E-state index contributed by atoms with van der Waals surface area (Å²) in [6, 6.07) is 13.0. The summed E-state index contributed by atoms with van der Waals surface area (Å²) >= 11 is 6.19. The van der Waals surface area contributed by atoms with Gasteiger partial charge in [0.1, 0.15) is 5.75 Å². The number of nitrogens with zero attached hydrogens (tertiary/aromatic N) is 4. The van der Waals surface area contributed by atoms with Crippen molar-refractivity contribution in [2.75, 3.05) is 26.2 Å². The van der Waals surface area contributed by atoms with E-state index in [-0.39, 0.29) is 30.3 Å². The maximum atomic E-state index is 12.9. The summed E-state index contributed by atoms with van der Waals surface area (Å²) in [4.78, 5) is 28.8. The lowest BCUT2D eigenvalue weighted by atomic mass is 10.1. The second-order valence-electron chi connectivity index (χ2n) is 7.08. The Morgan fingerprint density at radius 3 is 2.25 bits per heavy atom. The Bertz CT molecular complexity index is 1130. The third kappa shape index (κ3) is 4.57. The van der Waals surface area contributed by atoms with Gasteiger partial charge in [0.2, 0.25) is 0 Å². The Balaban J connectivity index is 1.41. The molecule has 166 valence electrons. The van der Waals surface area contributed by atoms with E-state index in [9.17, 15) is 18.4 Å². The van der Waals surface area contributed by atoms with E-state index >= 15 is 0 Å². The second-order valence-corrected chi connectivity index (χ2v) is 7.49. The smallest absolute Gasteiger partial charge is 0.387 e. The van der Waals surface area contributed by atoms with E-state index in [1.165, 1.54) is 34.0 Å². The number of alkyl halides is 2. The maximum Gasteiger partial charge on any atom is 0.387 e. The molecule has 0 atom stereocenters. The molecule has 1 fully saturated rings. The molecule has 32 heavy (non-hydrogen) atoms. The molecule has 2 amide bonds. The van der Waals surface area contributed by atoms with Gasteiger partial charge in [-0.15, -0.1) is 0 Å². The predicted octanol–water partition coefficient (Wildman–Crippen LogP) is 3.73. The number of amides is 2. The molecule has 1 aliphatic heterocycles. The van der Waals surface area contributed by atoms with Crippen LogP contribution in [-0.2, 0) is 0 Å². The fourth-order valence-corrected chi connectivity index (χ4v) is 3.73. The lowest BCUT2D eigenvalue weighted by Gasteiger charge is -2.34. The zero-order valence-corrected chi connectivity index (χ0v) is 17.6. The number of para-hydroxylation sites is 2. The van der Waals surface area contributed by atoms with Gasteiger partial charge in [-0.2, -0.15) is 13.9 Å². The van der Waals surface area contributed by atoms with Crippen LogP contribution in [0.2, 0.25) is 5.02 Å². The van der Waals surface area contributed by atoms with Gasteiger partial charge in [0.05, 0.1) is 28.0 Å². The number of carbonyl (C=O) groups excluding carboxylic acids is 2. The molecule has 3 aromatic rings. The van der Waals surface area contributed by atoms with E-state index < -0.39 is 12.5 Å². The van der Waals surface area contributed by atoms with Crippen LogP contribution < -0.4 is 4.74 Å². The average molecular weight is 461 g/mol. The van der Waals surface area contributed by atoms with Crippen molar-refractivity contribution >= 4 is 23.4 Å². The zero-order chi connectivity index (χ0) is 22.7. The number of halogens is 3. The molecule has 0 N–H and O–H groups in total. The second kappa shape index (κ2) is 9.35. The van der Waals surface area contributed by atoms with Gasteiger partial charge in [-0.1, -0.05) is 35.9 Å². The van der Waals surface area contributed by atoms with Gasteiger partial charge in [-0.25, -0.2) is 4.68 Å². The van der Waals surface area contributed by atoms with Crippen LogP contribution in [0.5, 0.6) is 5.75 Å². The number of rotatable bonds is 5. The van der Waals surface area contributed by atoms with Crippen LogP contribution in [0.15, 0.2) is 60.9 Å². The van der Waals surface area contributed by atoms with Crippen molar-refractivity contribution in [1.82, 2.24) is 19.6 Å². The quantitative estimate of drug-likeness (QED) is 0.582. The number of ether oxygens (including phenoxy) is 1. The lowest BCUT2D eigenvalue weighted by Crippen LogP contribution is -2.50. The number of hydrogen-bond donors (Lipinski definition) is 0. The highest BCUT2D eigenvalue weighted by molar-refractivity contribution is 6.32. The minimum Gasteiger partial charge on any atom is -0.434 e. The molecule has 2 aromatic carbocycles. The lowest BCUT2D eigenvalue weighted by molar-refractivity contribution is -0.0503. The normalized spacial score (nSPS) is 14.0. The van der Waals surface area contributed by atoms with Crippen molar-refractivity contribution in [2.45, 2.75) is 6.61 Å². The van der Waals surface area contributed by atoms with Crippen molar-refractivity contribution in [3.05, 3.63) is 77.1 Å². The number of carbonyl (C=O) groups is 2. The van der Waals surface area contributed by atoms with E-state index in [4.69, 9.17) is 11.6 Å². The monoisotopic (exact) mass is 460 g/mol. The first kappa shape index (κ1) is 21.8. The van der Waals surface area contributed by atoms with Gasteiger partial charge in [0.25, 0.3) is 11.8 Å². The molecular weight excluding hydrogens is 442 g/mol. The van der Waals surface area contributed by atoms with Gasteiger partial charge in [0.15, 0.2) is 0 Å². The number of benzene rings is 2. The third-order valence-corrected chi connectivity index (χ3v) is 5.44. The molecule has 1 aliphatic rings. The van der Waals surface area contributed by atoms with Gasteiger partial charge in [0, 0.05) is 32.4 Å². The summed E-state index contributed by atoms with van der Waals surface area (Å²) in [7, 11) is 0. The van der Waals surface area contributed by atoms with Crippen LogP contribution in [-0.4, -0.2) is 64.2 Å². The molecule has 0 saturated carbocycles. The minimum absolute atomic E-state index is 0.0635. The Morgan fingerprint density at radius 1 is 0.938 bits per heavy atom. The molecule has 1 aromatic heterocycles. The van der Waals surface area contributed by atoms with E-state index in [0.717, 1.165) is 0 Å². The Hall–Kier alpha value is -3.46. The highest BCUT2D eigenvalue weighted by atomic mass is 35.5. The van der Waals surface area contributed by atoms with Crippen molar-refractivity contribution in [2.24, 2.45) is 0 Å². The topological polar surface area (TPSA) is 67.7 Å². The molecule has 0 aliphatic carbocycles. The van der Waals surface area contributed by atoms with Crippen molar-refractivity contribution < 1.29 is 23.1 Å². The maximum absolute atomic E-state index is 12.9. The first-order valence-corrected chi connectivity index (χ1v) is 10.2. The minimum atomic E-state index is -3.02. The van der Waals surface area contributed by atoms with Crippen LogP contribution >= 0.6 is 11.6 Å². The third-order valence-electron chi connectivity index (χ3n) is 5.12. The summed E-state index contributed by atoms with van der Waals surface area (Å²) in [5.41, 5.74) is 1.13. The molecule has 4 rings (SSSR count). The van der Waals surface area contributed by atoms with E-state index in [1.807, 2.05) is 6.07 Å². The standard InChI is InChI=1S/C22H19ClF2N4O3/c23-17-6-2-3-7-18(17)29-14-15(13-26-29)20(30)27-9-11-28(12-10-27)21(31)16-5-1-4-8-19(16)32-22(24)25/h1-8,13-14,22H,9-12H2. The highest BCUT2D eigenvalue weighted by Gasteiger charge is 2.28. The molecular formula is C22H19ClF2N4O3. The van der Waals surface area contributed by atoms with Crippen LogP contribution in [0.1, 0.15) is 20.7 Å². The van der Waals surface area contributed by atoms with Crippen molar-refractivity contribution in [3.63, 3.8) is 0 Å². The van der Waals surface area contributed by atoms with E-state index in [2.05, 4.69) is 9.84 Å². The summed E-state index contributed by atoms with van der Waals surface area (Å²) in [6.45, 7) is -1.87. The van der Waals surface area contributed by atoms with Crippen molar-refractivity contribution in [1.29, 1.82) is 0 Å². The Labute approximate surface area is 187 Å². The summed E-state index contributed by atoms with van der Waals surface area (Å²) in [6.07, 6.45) is 3.08. The Kier molecular flexibility index (Phi) is 6.36. The SMILES string of the molecule is O=C(c1cnn(-c2ccccc2Cl)c1)N1CCN(C(=O)c2ccccc2OC(F)F)CC1. The van der Waals surface area contributed by atoms with Crippen LogP contribution in [0.4, 0.5) is 8.78 Å². The molecule has 0 radical (unpaired) electrons. The largest absolute Gasteiger partial charge is 0.434 e. The molecule has 10 heteroatoms. The fourth-order valence-electron chi connectivity index (χ4n) is 3.51. The van der Waals surface area contributed by atoms with E-state index in [0.29, 0.717) is 29.4 Å². The fraction of sp³-hybridized carbons (Fsp3) is 0.227. The molecule has 0 bridgehead atoms. The summed E-state index contributed by atoms with van der Waals surface area (Å²) < 4.78 is 31.3. The number of hydrogen-bond acceptors (Lipinski definition) is 4. The average Bonchev–Trinajstić information content (AvgIpc) is 3.28. The molecule has 7 nitrogen and oxygen atoms in total. The summed E-state index contributed by atoms with van der Waals surface area (Å²) in [5.74, 6) is -0.797. The number of piperazine rings is 1. The van der Waals surface area contributed by atoms with Crippen LogP contribution in [0.3, 0.4) is 0 Å². The van der Waals surface area contributed by atoms with Crippen LogP contribution in [0.25, 0.3) is 5.69 Å². The van der Waals surface area contributed by atoms with E-state index in [1.54, 1.807) is 35.4 Å².